The number of benzene rings is 1. The van der Waals surface area contributed by atoms with E-state index in [0.717, 1.165) is 5.56 Å². The van der Waals surface area contributed by atoms with Gasteiger partial charge in [-0.25, -0.2) is 4.39 Å². The summed E-state index contributed by atoms with van der Waals surface area (Å²) in [6.07, 6.45) is 4.50. The summed E-state index contributed by atoms with van der Waals surface area (Å²) >= 11 is 0. The van der Waals surface area contributed by atoms with Gasteiger partial charge < -0.3 is 20.3 Å². The van der Waals surface area contributed by atoms with Gasteiger partial charge in [-0.1, -0.05) is 30.4 Å². The molecule has 5 atom stereocenters. The number of halogens is 1. The SMILES string of the molecule is C=CCN1C(=O)[C@H]2[C@@H](C(=O)NCc3ccc(F)cc3)[C@H]3C=C[C@@]2(O3)[C@@H]1C(=O)NC(C)(C)C. The molecule has 170 valence electrons. The smallest absolute Gasteiger partial charge is 0.246 e. The summed E-state index contributed by atoms with van der Waals surface area (Å²) in [5.41, 5.74) is -0.957. The van der Waals surface area contributed by atoms with Crippen molar-refractivity contribution in [3.05, 3.63) is 60.5 Å². The Balaban J connectivity index is 1.60. The average molecular weight is 442 g/mol. The van der Waals surface area contributed by atoms with E-state index in [9.17, 15) is 18.8 Å². The second kappa shape index (κ2) is 7.85. The lowest BCUT2D eigenvalue weighted by Gasteiger charge is -2.34. The zero-order chi connectivity index (χ0) is 23.3. The van der Waals surface area contributed by atoms with Gasteiger partial charge in [0, 0.05) is 18.6 Å². The quantitative estimate of drug-likeness (QED) is 0.658. The molecule has 0 radical (unpaired) electrons. The minimum atomic E-state index is -1.20. The fourth-order valence-corrected chi connectivity index (χ4v) is 4.95. The van der Waals surface area contributed by atoms with Crippen LogP contribution in [0.5, 0.6) is 0 Å². The van der Waals surface area contributed by atoms with Crippen molar-refractivity contribution < 1.29 is 23.5 Å². The molecule has 8 heteroatoms. The summed E-state index contributed by atoms with van der Waals surface area (Å²) in [5, 5.41) is 5.78. The van der Waals surface area contributed by atoms with Crippen LogP contribution in [0.2, 0.25) is 0 Å². The lowest BCUT2D eigenvalue weighted by Crippen LogP contribution is -2.57. The van der Waals surface area contributed by atoms with E-state index in [2.05, 4.69) is 17.2 Å². The first kappa shape index (κ1) is 22.2. The van der Waals surface area contributed by atoms with Gasteiger partial charge in [-0.2, -0.15) is 0 Å². The summed E-state index contributed by atoms with van der Waals surface area (Å²) in [5.74, 6) is -2.87. The van der Waals surface area contributed by atoms with Crippen LogP contribution in [0, 0.1) is 17.7 Å². The zero-order valence-corrected chi connectivity index (χ0v) is 18.4. The van der Waals surface area contributed by atoms with Crippen molar-refractivity contribution in [2.24, 2.45) is 11.8 Å². The molecule has 2 bridgehead atoms. The van der Waals surface area contributed by atoms with E-state index in [-0.39, 0.29) is 36.6 Å². The van der Waals surface area contributed by atoms with Crippen LogP contribution in [0.4, 0.5) is 4.39 Å². The van der Waals surface area contributed by atoms with Crippen molar-refractivity contribution in [3.63, 3.8) is 0 Å². The summed E-state index contributed by atoms with van der Waals surface area (Å²) in [6.45, 7) is 9.68. The van der Waals surface area contributed by atoms with Gasteiger partial charge >= 0.3 is 0 Å². The number of carbonyl (C=O) groups is 3. The molecule has 2 fully saturated rings. The van der Waals surface area contributed by atoms with Crippen LogP contribution < -0.4 is 10.6 Å². The molecule has 0 aliphatic carbocycles. The lowest BCUT2D eigenvalue weighted by molar-refractivity contribution is -0.141. The highest BCUT2D eigenvalue weighted by Gasteiger charge is 2.72. The number of nitrogens with one attached hydrogen (secondary N) is 2. The summed E-state index contributed by atoms with van der Waals surface area (Å²) in [7, 11) is 0. The molecule has 2 saturated heterocycles. The monoisotopic (exact) mass is 441 g/mol. The Kier molecular flexibility index (Phi) is 5.45. The van der Waals surface area contributed by atoms with Gasteiger partial charge in [0.05, 0.1) is 17.9 Å². The number of hydrogen-bond acceptors (Lipinski definition) is 4. The van der Waals surface area contributed by atoms with Gasteiger partial charge in [0.25, 0.3) is 0 Å². The highest BCUT2D eigenvalue weighted by atomic mass is 19.1. The lowest BCUT2D eigenvalue weighted by atomic mass is 9.74. The van der Waals surface area contributed by atoms with E-state index >= 15 is 0 Å². The van der Waals surface area contributed by atoms with Crippen LogP contribution in [0.15, 0.2) is 49.1 Å². The topological polar surface area (TPSA) is 87.7 Å². The normalized spacial score (nSPS) is 30.4. The predicted molar refractivity (Wildman–Crippen MR) is 116 cm³/mol. The predicted octanol–water partition coefficient (Wildman–Crippen LogP) is 1.69. The summed E-state index contributed by atoms with van der Waals surface area (Å²) in [4.78, 5) is 41.3. The minimum Gasteiger partial charge on any atom is -0.359 e. The van der Waals surface area contributed by atoms with E-state index in [1.807, 2.05) is 20.8 Å². The molecule has 1 aromatic carbocycles. The average Bonchev–Trinajstić information content (AvgIpc) is 3.34. The molecule has 0 saturated carbocycles. The minimum absolute atomic E-state index is 0.172. The molecule has 3 aliphatic heterocycles. The molecule has 7 nitrogen and oxygen atoms in total. The van der Waals surface area contributed by atoms with Gasteiger partial charge in [0.1, 0.15) is 17.5 Å². The van der Waals surface area contributed by atoms with Crippen LogP contribution in [0.1, 0.15) is 26.3 Å². The highest BCUT2D eigenvalue weighted by molar-refractivity contribution is 6.00. The number of rotatable bonds is 6. The first-order valence-corrected chi connectivity index (χ1v) is 10.7. The number of ether oxygens (including phenoxy) is 1. The van der Waals surface area contributed by atoms with E-state index in [0.29, 0.717) is 0 Å². The standard InChI is InChI=1S/C24H28FN3O4/c1-5-12-28-19(21(30)27-23(2,3)4)24-11-10-16(32-24)17(18(24)22(28)31)20(29)26-13-14-6-8-15(25)9-7-14/h5-11,16-19H,1,12-13H2,2-4H3,(H,26,29)(H,27,30)/t16-,17+,18-,19+,24+/m1/s1. The first-order chi connectivity index (χ1) is 15.1. The zero-order valence-electron chi connectivity index (χ0n) is 18.4. The molecule has 0 unspecified atom stereocenters. The molecular weight excluding hydrogens is 413 g/mol. The fraction of sp³-hybridized carbons (Fsp3) is 0.458. The Hall–Kier alpha value is -3.00. The number of carbonyl (C=O) groups excluding carboxylic acids is 3. The van der Waals surface area contributed by atoms with Crippen LogP contribution >= 0.6 is 0 Å². The van der Waals surface area contributed by atoms with Crippen molar-refractivity contribution >= 4 is 17.7 Å². The van der Waals surface area contributed by atoms with E-state index in [1.54, 1.807) is 30.4 Å². The molecular formula is C24H28FN3O4. The molecule has 1 aromatic rings. The maximum Gasteiger partial charge on any atom is 0.246 e. The molecule has 4 rings (SSSR count). The number of hydrogen-bond donors (Lipinski definition) is 2. The number of likely N-dealkylation sites (tertiary alicyclic amines) is 1. The van der Waals surface area contributed by atoms with Crippen molar-refractivity contribution in [2.45, 2.75) is 50.6 Å². The largest absolute Gasteiger partial charge is 0.359 e. The van der Waals surface area contributed by atoms with Crippen LogP contribution in [0.25, 0.3) is 0 Å². The van der Waals surface area contributed by atoms with E-state index < -0.39 is 35.1 Å². The van der Waals surface area contributed by atoms with Crippen LogP contribution in [0.3, 0.4) is 0 Å². The highest BCUT2D eigenvalue weighted by Crippen LogP contribution is 2.55. The Morgan fingerprint density at radius 2 is 1.94 bits per heavy atom. The molecule has 0 aromatic heterocycles. The first-order valence-electron chi connectivity index (χ1n) is 10.7. The van der Waals surface area contributed by atoms with Gasteiger partial charge in [-0.05, 0) is 38.5 Å². The van der Waals surface area contributed by atoms with Gasteiger partial charge in [-0.15, -0.1) is 6.58 Å². The third-order valence-corrected chi connectivity index (χ3v) is 6.13. The Morgan fingerprint density at radius 1 is 1.25 bits per heavy atom. The summed E-state index contributed by atoms with van der Waals surface area (Å²) < 4.78 is 19.3. The second-order valence-corrected chi connectivity index (χ2v) is 9.56. The molecule has 3 amide bonds. The third-order valence-electron chi connectivity index (χ3n) is 6.13. The van der Waals surface area contributed by atoms with Crippen molar-refractivity contribution in [1.82, 2.24) is 15.5 Å². The number of nitrogens with zero attached hydrogens (tertiary/aromatic N) is 1. The maximum absolute atomic E-state index is 13.4. The number of amides is 3. The molecule has 3 heterocycles. The number of fused-ring (bicyclic) bond motifs is 1. The Labute approximate surface area is 186 Å². The van der Waals surface area contributed by atoms with Crippen molar-refractivity contribution in [1.29, 1.82) is 0 Å². The molecule has 2 N–H and O–H groups in total. The Morgan fingerprint density at radius 3 is 2.56 bits per heavy atom. The van der Waals surface area contributed by atoms with Crippen molar-refractivity contribution in [2.75, 3.05) is 6.54 Å². The molecule has 32 heavy (non-hydrogen) atoms. The van der Waals surface area contributed by atoms with Gasteiger partial charge in [0.15, 0.2) is 0 Å². The van der Waals surface area contributed by atoms with Crippen LogP contribution in [-0.2, 0) is 25.7 Å². The van der Waals surface area contributed by atoms with E-state index in [1.165, 1.54) is 17.0 Å². The van der Waals surface area contributed by atoms with Crippen LogP contribution in [-0.4, -0.2) is 52.5 Å². The third kappa shape index (κ3) is 3.62. The summed E-state index contributed by atoms with van der Waals surface area (Å²) in [6, 6.07) is 4.94. The Bertz CT molecular complexity index is 984. The van der Waals surface area contributed by atoms with E-state index in [4.69, 9.17) is 4.74 Å². The molecule has 1 spiro atoms. The fourth-order valence-electron chi connectivity index (χ4n) is 4.95. The van der Waals surface area contributed by atoms with Gasteiger partial charge in [-0.3, -0.25) is 14.4 Å². The maximum atomic E-state index is 13.4. The van der Waals surface area contributed by atoms with Crippen molar-refractivity contribution in [3.8, 4) is 0 Å². The van der Waals surface area contributed by atoms with Gasteiger partial charge in [0.2, 0.25) is 17.7 Å². The molecule has 3 aliphatic rings. The second-order valence-electron chi connectivity index (χ2n) is 9.56.